The molecule has 0 aromatic carbocycles. The first-order valence-corrected chi connectivity index (χ1v) is 7.88. The molecule has 0 aliphatic rings. The molecule has 0 radical (unpaired) electrons. The highest BCUT2D eigenvalue weighted by Crippen LogP contribution is 2.25. The fraction of sp³-hybridized carbons (Fsp3) is 0.875. The van der Waals surface area contributed by atoms with Crippen LogP contribution < -0.4 is 0 Å². The van der Waals surface area contributed by atoms with E-state index in [1.807, 2.05) is 13.8 Å². The van der Waals surface area contributed by atoms with Gasteiger partial charge in [-0.2, -0.15) is 0 Å². The third-order valence-electron chi connectivity index (χ3n) is 3.37. The van der Waals surface area contributed by atoms with Crippen molar-refractivity contribution >= 4 is 11.9 Å². The van der Waals surface area contributed by atoms with E-state index in [1.54, 1.807) is 41.5 Å². The monoisotopic (exact) mass is 314 g/mol. The van der Waals surface area contributed by atoms with Crippen molar-refractivity contribution in [1.82, 2.24) is 0 Å². The van der Waals surface area contributed by atoms with E-state index in [-0.39, 0.29) is 23.8 Å². The maximum absolute atomic E-state index is 11.8. The van der Waals surface area contributed by atoms with Gasteiger partial charge in [-0.05, 0) is 13.8 Å². The highest BCUT2D eigenvalue weighted by atomic mass is 16.6. The van der Waals surface area contributed by atoms with E-state index in [2.05, 4.69) is 10.2 Å². The first-order valence-electron chi connectivity index (χ1n) is 7.88. The van der Waals surface area contributed by atoms with E-state index >= 15 is 0 Å². The summed E-state index contributed by atoms with van der Waals surface area (Å²) in [4.78, 5) is 23.5. The number of hydrogen-bond acceptors (Lipinski definition) is 6. The Kier molecular flexibility index (Phi) is 7.70. The highest BCUT2D eigenvalue weighted by molar-refractivity contribution is 5.72. The molecule has 0 aliphatic heterocycles. The molecule has 128 valence electrons. The summed E-state index contributed by atoms with van der Waals surface area (Å²) in [7, 11) is 0. The Bertz CT molecular complexity index is 382. The van der Waals surface area contributed by atoms with Crippen LogP contribution in [0.1, 0.15) is 68.2 Å². The molecule has 0 spiro atoms. The van der Waals surface area contributed by atoms with Gasteiger partial charge in [0.25, 0.3) is 0 Å². The fourth-order valence-corrected chi connectivity index (χ4v) is 1.21. The predicted molar refractivity (Wildman–Crippen MR) is 84.1 cm³/mol. The highest BCUT2D eigenvalue weighted by Gasteiger charge is 2.32. The van der Waals surface area contributed by atoms with Gasteiger partial charge in [-0.25, -0.2) is 0 Å². The molecule has 2 atom stereocenters. The summed E-state index contributed by atoms with van der Waals surface area (Å²) in [6.45, 7) is 14.1. The Morgan fingerprint density at radius 1 is 0.818 bits per heavy atom. The van der Waals surface area contributed by atoms with Gasteiger partial charge in [-0.3, -0.25) is 9.59 Å². The van der Waals surface area contributed by atoms with Crippen molar-refractivity contribution in [2.75, 3.05) is 0 Å². The zero-order valence-electron chi connectivity index (χ0n) is 15.1. The van der Waals surface area contributed by atoms with Crippen LogP contribution in [0.2, 0.25) is 0 Å². The van der Waals surface area contributed by atoms with Crippen LogP contribution in [-0.2, 0) is 19.1 Å². The van der Waals surface area contributed by atoms with Gasteiger partial charge in [0.2, 0.25) is 11.4 Å². The van der Waals surface area contributed by atoms with Crippen LogP contribution in [0.4, 0.5) is 0 Å². The molecule has 0 rings (SSSR count). The molecule has 0 aromatic heterocycles. The van der Waals surface area contributed by atoms with Crippen LogP contribution in [-0.4, -0.2) is 23.4 Å². The topological polar surface area (TPSA) is 77.3 Å². The number of carbonyl (C=O) groups excluding carboxylic acids is 2. The second kappa shape index (κ2) is 8.25. The minimum absolute atomic E-state index is 0.239. The lowest BCUT2D eigenvalue weighted by atomic mass is 10.1. The largest absolute Gasteiger partial charge is 0.436 e. The van der Waals surface area contributed by atoms with Crippen molar-refractivity contribution < 1.29 is 19.1 Å². The third-order valence-corrected chi connectivity index (χ3v) is 3.37. The molecule has 22 heavy (non-hydrogen) atoms. The minimum atomic E-state index is -1.05. The van der Waals surface area contributed by atoms with Gasteiger partial charge in [0, 0.05) is 12.8 Å². The van der Waals surface area contributed by atoms with Gasteiger partial charge in [-0.1, -0.05) is 41.5 Å². The van der Waals surface area contributed by atoms with Crippen LogP contribution in [0.25, 0.3) is 0 Å². The second-order valence-electron chi connectivity index (χ2n) is 6.41. The lowest BCUT2D eigenvalue weighted by Crippen LogP contribution is -2.34. The summed E-state index contributed by atoms with van der Waals surface area (Å²) in [5.74, 6) is -1.14. The minimum Gasteiger partial charge on any atom is -0.436 e. The van der Waals surface area contributed by atoms with Crippen LogP contribution in [0.15, 0.2) is 10.2 Å². The first-order chi connectivity index (χ1) is 9.98. The molecule has 0 amide bonds. The van der Waals surface area contributed by atoms with Crippen LogP contribution in [0, 0.1) is 11.8 Å². The lowest BCUT2D eigenvalue weighted by Gasteiger charge is -2.28. The molecule has 6 heteroatoms. The molecular formula is C16H30N2O4. The Morgan fingerprint density at radius 3 is 1.27 bits per heavy atom. The number of azo groups is 1. The Hall–Kier alpha value is -1.46. The van der Waals surface area contributed by atoms with Crippen molar-refractivity contribution in [3.8, 4) is 0 Å². The summed E-state index contributed by atoms with van der Waals surface area (Å²) in [6, 6.07) is 0. The van der Waals surface area contributed by atoms with Gasteiger partial charge in [0.05, 0.1) is 11.8 Å². The van der Waals surface area contributed by atoms with Crippen molar-refractivity contribution in [2.24, 2.45) is 22.1 Å². The number of carbonyl (C=O) groups is 2. The summed E-state index contributed by atoms with van der Waals surface area (Å²) >= 11 is 0. The van der Waals surface area contributed by atoms with E-state index < -0.39 is 11.4 Å². The molecule has 0 aliphatic carbocycles. The average Bonchev–Trinajstić information content (AvgIpc) is 2.45. The molecule has 0 aromatic rings. The van der Waals surface area contributed by atoms with E-state index in [0.29, 0.717) is 12.8 Å². The smallest absolute Gasteiger partial charge is 0.310 e. The zero-order valence-corrected chi connectivity index (χ0v) is 15.1. The summed E-state index contributed by atoms with van der Waals surface area (Å²) in [6.07, 6.45) is 0.958. The fourth-order valence-electron chi connectivity index (χ4n) is 1.21. The number of esters is 2. The van der Waals surface area contributed by atoms with Gasteiger partial charge in [0.15, 0.2) is 0 Å². The SMILES string of the molecule is CCC(C)(N=NC(C)(CC)OC(=O)C(C)C)OC(=O)C(C)C. The quantitative estimate of drug-likeness (QED) is 0.499. The van der Waals surface area contributed by atoms with E-state index in [4.69, 9.17) is 9.47 Å². The molecule has 0 N–H and O–H groups in total. The zero-order chi connectivity index (χ0) is 17.6. The van der Waals surface area contributed by atoms with Gasteiger partial charge >= 0.3 is 11.9 Å². The van der Waals surface area contributed by atoms with Crippen LogP contribution in [0.5, 0.6) is 0 Å². The normalized spacial score (nSPS) is 17.4. The second-order valence-corrected chi connectivity index (χ2v) is 6.41. The standard InChI is InChI=1S/C16H30N2O4/c1-9-15(7,21-13(19)11(3)4)17-18-16(8,10-2)22-14(20)12(5)6/h11-12H,9-10H2,1-8H3. The van der Waals surface area contributed by atoms with Crippen LogP contribution in [0.3, 0.4) is 0 Å². The molecule has 0 fully saturated rings. The number of hydrogen-bond donors (Lipinski definition) is 0. The van der Waals surface area contributed by atoms with Gasteiger partial charge in [-0.15, -0.1) is 10.2 Å². The van der Waals surface area contributed by atoms with Crippen molar-refractivity contribution in [2.45, 2.75) is 79.7 Å². The molecule has 0 saturated carbocycles. The van der Waals surface area contributed by atoms with Crippen molar-refractivity contribution in [1.29, 1.82) is 0 Å². The van der Waals surface area contributed by atoms with Crippen molar-refractivity contribution in [3.05, 3.63) is 0 Å². The van der Waals surface area contributed by atoms with Gasteiger partial charge in [0.1, 0.15) is 0 Å². The number of rotatable bonds is 8. The lowest BCUT2D eigenvalue weighted by molar-refractivity contribution is -0.167. The molecule has 0 heterocycles. The molecular weight excluding hydrogens is 284 g/mol. The Morgan fingerprint density at radius 2 is 1.09 bits per heavy atom. The van der Waals surface area contributed by atoms with Crippen LogP contribution >= 0.6 is 0 Å². The third kappa shape index (κ3) is 6.54. The molecule has 6 nitrogen and oxygen atoms in total. The van der Waals surface area contributed by atoms with E-state index in [0.717, 1.165) is 0 Å². The van der Waals surface area contributed by atoms with Gasteiger partial charge < -0.3 is 9.47 Å². The predicted octanol–water partition coefficient (Wildman–Crippen LogP) is 4.09. The maximum atomic E-state index is 11.8. The Labute approximate surface area is 133 Å². The molecule has 0 saturated heterocycles. The summed E-state index contributed by atoms with van der Waals surface area (Å²) in [5, 5.41) is 8.31. The molecule has 2 unspecified atom stereocenters. The Balaban J connectivity index is 5.12. The number of ether oxygens (including phenoxy) is 2. The summed E-state index contributed by atoms with van der Waals surface area (Å²) in [5.41, 5.74) is -2.11. The van der Waals surface area contributed by atoms with E-state index in [1.165, 1.54) is 0 Å². The van der Waals surface area contributed by atoms with Crippen molar-refractivity contribution in [3.63, 3.8) is 0 Å². The molecule has 0 bridgehead atoms. The number of nitrogens with zero attached hydrogens (tertiary/aromatic N) is 2. The van der Waals surface area contributed by atoms with E-state index in [9.17, 15) is 9.59 Å². The summed E-state index contributed by atoms with van der Waals surface area (Å²) < 4.78 is 10.8. The first kappa shape index (κ1) is 20.5. The maximum Gasteiger partial charge on any atom is 0.310 e. The average molecular weight is 314 g/mol.